The van der Waals surface area contributed by atoms with Gasteiger partial charge in [-0.05, 0) is 85.4 Å². The molecule has 172 valence electrons. The van der Waals surface area contributed by atoms with Gasteiger partial charge in [-0.25, -0.2) is 0 Å². The van der Waals surface area contributed by atoms with Gasteiger partial charge in [-0.1, -0.05) is 103 Å². The minimum Gasteiger partial charge on any atom is -0.0625 e. The maximum absolute atomic E-state index is 2.51. The molecule has 0 N–H and O–H groups in total. The smallest absolute Gasteiger partial charge is 0.0352 e. The van der Waals surface area contributed by atoms with Crippen LogP contribution >= 0.6 is 0 Å². The van der Waals surface area contributed by atoms with Crippen molar-refractivity contribution in [3.63, 3.8) is 0 Å². The minimum absolute atomic E-state index is 1.03. The van der Waals surface area contributed by atoms with E-state index in [0.717, 1.165) is 41.4 Å². The van der Waals surface area contributed by atoms with Crippen molar-refractivity contribution in [3.05, 3.63) is 0 Å². The Bertz CT molecular complexity index is 504. The van der Waals surface area contributed by atoms with E-state index in [9.17, 15) is 0 Å². The standard InChI is InChI=1S/C21H36.C9H16/c1-15-6-5-9-17(12-15)19-13-18-10-11-20(21(18)14-19)16-7-3-2-4-8-16;1-2-5-9-7-3-6-8(9)4-1/h15-21H,2-14H2,1H3;8-9H,1-7H2. The van der Waals surface area contributed by atoms with Gasteiger partial charge in [-0.3, -0.25) is 0 Å². The molecule has 8 atom stereocenters. The normalized spacial score (nSPS) is 46.7. The van der Waals surface area contributed by atoms with Crippen molar-refractivity contribution >= 4 is 0 Å². The van der Waals surface area contributed by atoms with Gasteiger partial charge in [0.05, 0.1) is 0 Å². The van der Waals surface area contributed by atoms with Crippen molar-refractivity contribution in [2.24, 2.45) is 53.3 Å². The molecule has 0 heterocycles. The van der Waals surface area contributed by atoms with Crippen molar-refractivity contribution < 1.29 is 0 Å². The van der Waals surface area contributed by atoms with Crippen LogP contribution in [0, 0.1) is 53.3 Å². The first-order valence-electron chi connectivity index (χ1n) is 14.8. The molecule has 0 saturated heterocycles. The molecular formula is C30H52. The highest BCUT2D eigenvalue weighted by atomic mass is 14.5. The number of hydrogen-bond acceptors (Lipinski definition) is 0. The van der Waals surface area contributed by atoms with Crippen LogP contribution in [0.1, 0.15) is 135 Å². The molecule has 0 aliphatic heterocycles. The van der Waals surface area contributed by atoms with Crippen LogP contribution in [0.25, 0.3) is 0 Å². The highest BCUT2D eigenvalue weighted by Crippen LogP contribution is 2.57. The molecule has 0 amide bonds. The lowest BCUT2D eigenvalue weighted by molar-refractivity contribution is 0.168. The molecule has 30 heavy (non-hydrogen) atoms. The van der Waals surface area contributed by atoms with Gasteiger partial charge in [0.25, 0.3) is 0 Å². The first-order chi connectivity index (χ1) is 14.8. The molecule has 0 spiro atoms. The molecule has 0 nitrogen and oxygen atoms in total. The van der Waals surface area contributed by atoms with E-state index in [4.69, 9.17) is 0 Å². The Morgan fingerprint density at radius 2 is 0.933 bits per heavy atom. The second-order valence-corrected chi connectivity index (χ2v) is 13.1. The van der Waals surface area contributed by atoms with Crippen molar-refractivity contribution in [2.75, 3.05) is 0 Å². The summed E-state index contributed by atoms with van der Waals surface area (Å²) in [5.74, 6) is 10.2. The van der Waals surface area contributed by atoms with Gasteiger partial charge in [0.1, 0.15) is 0 Å². The molecule has 0 radical (unpaired) electrons. The quantitative estimate of drug-likeness (QED) is 0.423. The fourth-order valence-corrected chi connectivity index (χ4v) is 9.81. The van der Waals surface area contributed by atoms with Crippen LogP contribution in [0.4, 0.5) is 0 Å². The third-order valence-corrected chi connectivity index (χ3v) is 11.3. The van der Waals surface area contributed by atoms with Crippen LogP contribution in [0.2, 0.25) is 0 Å². The molecule has 6 rings (SSSR count). The third-order valence-electron chi connectivity index (χ3n) is 11.3. The summed E-state index contributed by atoms with van der Waals surface area (Å²) in [6.45, 7) is 2.51. The van der Waals surface area contributed by atoms with Crippen LogP contribution in [0.3, 0.4) is 0 Å². The summed E-state index contributed by atoms with van der Waals surface area (Å²) in [4.78, 5) is 0. The summed E-state index contributed by atoms with van der Waals surface area (Å²) in [5.41, 5.74) is 0. The lowest BCUT2D eigenvalue weighted by Gasteiger charge is -2.34. The Morgan fingerprint density at radius 1 is 0.333 bits per heavy atom. The minimum atomic E-state index is 1.03. The second kappa shape index (κ2) is 10.3. The highest BCUT2D eigenvalue weighted by molar-refractivity contribution is 4.97. The summed E-state index contributed by atoms with van der Waals surface area (Å²) in [5, 5.41) is 0. The molecule has 6 aliphatic carbocycles. The van der Waals surface area contributed by atoms with E-state index < -0.39 is 0 Å². The Hall–Kier alpha value is 0. The Balaban J connectivity index is 0.000000178. The molecule has 0 aromatic rings. The Kier molecular flexibility index (Phi) is 7.49. The molecule has 0 aromatic carbocycles. The largest absolute Gasteiger partial charge is 0.0625 e. The predicted molar refractivity (Wildman–Crippen MR) is 129 cm³/mol. The first-order valence-corrected chi connectivity index (χ1v) is 14.8. The van der Waals surface area contributed by atoms with Crippen molar-refractivity contribution in [2.45, 2.75) is 135 Å². The molecule has 6 saturated carbocycles. The fraction of sp³-hybridized carbons (Fsp3) is 1.00. The van der Waals surface area contributed by atoms with Crippen LogP contribution in [-0.4, -0.2) is 0 Å². The number of hydrogen-bond donors (Lipinski definition) is 0. The highest BCUT2D eigenvalue weighted by Gasteiger charge is 2.47. The molecule has 8 unspecified atom stereocenters. The lowest BCUT2D eigenvalue weighted by Crippen LogP contribution is -2.24. The van der Waals surface area contributed by atoms with Crippen LogP contribution in [0.15, 0.2) is 0 Å². The molecular weight excluding hydrogens is 360 g/mol. The maximum Gasteiger partial charge on any atom is -0.0352 e. The molecule has 0 bridgehead atoms. The van der Waals surface area contributed by atoms with Gasteiger partial charge < -0.3 is 0 Å². The Morgan fingerprint density at radius 3 is 1.67 bits per heavy atom. The van der Waals surface area contributed by atoms with Crippen molar-refractivity contribution in [3.8, 4) is 0 Å². The van der Waals surface area contributed by atoms with E-state index >= 15 is 0 Å². The van der Waals surface area contributed by atoms with Crippen LogP contribution in [-0.2, 0) is 0 Å². The fourth-order valence-electron chi connectivity index (χ4n) is 9.81. The number of fused-ring (bicyclic) bond motifs is 2. The van der Waals surface area contributed by atoms with E-state index in [2.05, 4.69) is 6.92 Å². The van der Waals surface area contributed by atoms with Gasteiger partial charge in [0, 0.05) is 0 Å². The zero-order valence-corrected chi connectivity index (χ0v) is 20.3. The van der Waals surface area contributed by atoms with Gasteiger partial charge >= 0.3 is 0 Å². The van der Waals surface area contributed by atoms with E-state index in [0.29, 0.717) is 0 Å². The zero-order chi connectivity index (χ0) is 20.3. The monoisotopic (exact) mass is 412 g/mol. The van der Waals surface area contributed by atoms with Crippen LogP contribution in [0.5, 0.6) is 0 Å². The lowest BCUT2D eigenvalue weighted by atomic mass is 9.72. The summed E-state index contributed by atoms with van der Waals surface area (Å²) >= 11 is 0. The van der Waals surface area contributed by atoms with Gasteiger partial charge in [0.2, 0.25) is 0 Å². The van der Waals surface area contributed by atoms with E-state index in [1.807, 2.05) is 0 Å². The van der Waals surface area contributed by atoms with Gasteiger partial charge in [0.15, 0.2) is 0 Å². The molecule has 0 heteroatoms. The predicted octanol–water partition coefficient (Wildman–Crippen LogP) is 9.42. The van der Waals surface area contributed by atoms with Crippen LogP contribution < -0.4 is 0 Å². The van der Waals surface area contributed by atoms with E-state index in [-0.39, 0.29) is 0 Å². The second-order valence-electron chi connectivity index (χ2n) is 13.1. The van der Waals surface area contributed by atoms with Crippen molar-refractivity contribution in [1.82, 2.24) is 0 Å². The summed E-state index contributed by atoms with van der Waals surface area (Å²) in [7, 11) is 0. The summed E-state index contributed by atoms with van der Waals surface area (Å²) in [6, 6.07) is 0. The van der Waals surface area contributed by atoms with Gasteiger partial charge in [-0.15, -0.1) is 0 Å². The SMILES string of the molecule is C1CCC2CCCC2C1.CC1CCCC(C2CC3CCC(C4CCCCC4)C3C2)C1. The summed E-state index contributed by atoms with van der Waals surface area (Å²) < 4.78 is 0. The third kappa shape index (κ3) is 4.98. The van der Waals surface area contributed by atoms with Crippen molar-refractivity contribution in [1.29, 1.82) is 0 Å². The number of rotatable bonds is 2. The van der Waals surface area contributed by atoms with Gasteiger partial charge in [-0.2, -0.15) is 0 Å². The summed E-state index contributed by atoms with van der Waals surface area (Å²) in [6.07, 6.45) is 31.3. The molecule has 6 fully saturated rings. The first kappa shape index (κ1) is 21.8. The maximum atomic E-state index is 2.51. The molecule has 6 aliphatic rings. The zero-order valence-electron chi connectivity index (χ0n) is 20.3. The van der Waals surface area contributed by atoms with E-state index in [1.165, 1.54) is 50.4 Å². The Labute approximate surface area is 188 Å². The topological polar surface area (TPSA) is 0 Å². The molecule has 0 aromatic heterocycles. The average Bonchev–Trinajstić information content (AvgIpc) is 3.50. The average molecular weight is 413 g/mol. The van der Waals surface area contributed by atoms with E-state index in [1.54, 1.807) is 89.9 Å².